The summed E-state index contributed by atoms with van der Waals surface area (Å²) in [5.74, 6) is 0. The van der Waals surface area contributed by atoms with Crippen molar-refractivity contribution in [2.24, 2.45) is 0 Å². The van der Waals surface area contributed by atoms with Crippen molar-refractivity contribution in [2.45, 2.75) is 57.7 Å². The molecule has 2 atom stereocenters. The van der Waals surface area contributed by atoms with Crippen LogP contribution in [0.1, 0.15) is 45.4 Å². The lowest BCUT2D eigenvalue weighted by molar-refractivity contribution is 0.0366. The van der Waals surface area contributed by atoms with Gasteiger partial charge in [0.05, 0.1) is 6.17 Å². The summed E-state index contributed by atoms with van der Waals surface area (Å²) in [6, 6.07) is 0.909. The Morgan fingerprint density at radius 1 is 1.31 bits per heavy atom. The van der Waals surface area contributed by atoms with E-state index in [2.05, 4.69) is 17.1 Å². The molecule has 0 saturated carbocycles. The molecule has 2 aliphatic heterocycles. The van der Waals surface area contributed by atoms with Crippen molar-refractivity contribution in [3.8, 4) is 0 Å². The monoisotopic (exact) mass is 182 g/mol. The Morgan fingerprint density at radius 3 is 3.08 bits per heavy atom. The van der Waals surface area contributed by atoms with Gasteiger partial charge in [-0.2, -0.15) is 0 Å². The molecule has 0 aromatic heterocycles. The van der Waals surface area contributed by atoms with Crippen molar-refractivity contribution in [1.82, 2.24) is 10.2 Å². The molecule has 0 aromatic carbocycles. The van der Waals surface area contributed by atoms with Crippen LogP contribution < -0.4 is 5.32 Å². The molecule has 0 bridgehead atoms. The van der Waals surface area contributed by atoms with Gasteiger partial charge >= 0.3 is 0 Å². The zero-order valence-electron chi connectivity index (χ0n) is 8.76. The van der Waals surface area contributed by atoms with Crippen LogP contribution in [0.3, 0.4) is 0 Å². The SMILES string of the molecule is CCCC1NCCC2CCCCN21. The van der Waals surface area contributed by atoms with Crippen LogP contribution in [0.15, 0.2) is 0 Å². The van der Waals surface area contributed by atoms with Crippen molar-refractivity contribution in [3.63, 3.8) is 0 Å². The van der Waals surface area contributed by atoms with Gasteiger partial charge in [0.25, 0.3) is 0 Å². The molecule has 2 rings (SSSR count). The average molecular weight is 182 g/mol. The molecule has 2 aliphatic rings. The van der Waals surface area contributed by atoms with Crippen molar-refractivity contribution < 1.29 is 0 Å². The molecule has 0 aromatic rings. The number of rotatable bonds is 2. The molecule has 2 fully saturated rings. The van der Waals surface area contributed by atoms with Crippen LogP contribution in [-0.4, -0.2) is 30.2 Å². The molecule has 0 amide bonds. The normalized spacial score (nSPS) is 35.8. The van der Waals surface area contributed by atoms with Crippen molar-refractivity contribution >= 4 is 0 Å². The minimum Gasteiger partial charge on any atom is -0.302 e. The molecule has 13 heavy (non-hydrogen) atoms. The Morgan fingerprint density at radius 2 is 2.23 bits per heavy atom. The largest absolute Gasteiger partial charge is 0.302 e. The van der Waals surface area contributed by atoms with Gasteiger partial charge in [0.1, 0.15) is 0 Å². The predicted molar refractivity (Wildman–Crippen MR) is 55.7 cm³/mol. The summed E-state index contributed by atoms with van der Waals surface area (Å²) in [5.41, 5.74) is 0. The van der Waals surface area contributed by atoms with Crippen LogP contribution in [0, 0.1) is 0 Å². The highest BCUT2D eigenvalue weighted by molar-refractivity contribution is 4.86. The maximum absolute atomic E-state index is 3.65. The summed E-state index contributed by atoms with van der Waals surface area (Å²) < 4.78 is 0. The van der Waals surface area contributed by atoms with Crippen LogP contribution in [-0.2, 0) is 0 Å². The molecule has 0 aliphatic carbocycles. The Balaban J connectivity index is 1.94. The lowest BCUT2D eigenvalue weighted by Crippen LogP contribution is -2.57. The quantitative estimate of drug-likeness (QED) is 0.702. The summed E-state index contributed by atoms with van der Waals surface area (Å²) in [4.78, 5) is 2.72. The molecular formula is C11H22N2. The van der Waals surface area contributed by atoms with E-state index < -0.39 is 0 Å². The molecule has 0 spiro atoms. The van der Waals surface area contributed by atoms with Gasteiger partial charge in [-0.1, -0.05) is 19.8 Å². The van der Waals surface area contributed by atoms with Crippen LogP contribution in [0.4, 0.5) is 0 Å². The fourth-order valence-corrected chi connectivity index (χ4v) is 2.82. The Bertz CT molecular complexity index is 154. The van der Waals surface area contributed by atoms with Gasteiger partial charge in [0.15, 0.2) is 0 Å². The van der Waals surface area contributed by atoms with Crippen molar-refractivity contribution in [1.29, 1.82) is 0 Å². The molecule has 2 heteroatoms. The maximum atomic E-state index is 3.65. The number of piperidine rings is 1. The number of nitrogens with one attached hydrogen (secondary N) is 1. The second-order valence-electron chi connectivity index (χ2n) is 4.43. The summed E-state index contributed by atoms with van der Waals surface area (Å²) in [5, 5.41) is 3.65. The molecule has 1 N–H and O–H groups in total. The Labute approximate surface area is 81.7 Å². The zero-order chi connectivity index (χ0) is 9.10. The van der Waals surface area contributed by atoms with Gasteiger partial charge in [-0.15, -0.1) is 0 Å². The zero-order valence-corrected chi connectivity index (χ0v) is 8.76. The second kappa shape index (κ2) is 4.43. The molecule has 0 radical (unpaired) electrons. The van der Waals surface area contributed by atoms with Crippen LogP contribution in [0.2, 0.25) is 0 Å². The standard InChI is InChI=1S/C11H22N2/c1-2-5-11-12-8-7-10-6-3-4-9-13(10)11/h10-12H,2-9H2,1H3. The van der Waals surface area contributed by atoms with Gasteiger partial charge in [-0.25, -0.2) is 0 Å². The van der Waals surface area contributed by atoms with E-state index in [1.54, 1.807) is 0 Å². The topological polar surface area (TPSA) is 15.3 Å². The van der Waals surface area contributed by atoms with Gasteiger partial charge in [0.2, 0.25) is 0 Å². The predicted octanol–water partition coefficient (Wildman–Crippen LogP) is 1.96. The number of hydrogen-bond acceptors (Lipinski definition) is 2. The molecule has 2 saturated heterocycles. The first kappa shape index (κ1) is 9.47. The average Bonchev–Trinajstić information content (AvgIpc) is 2.19. The smallest absolute Gasteiger partial charge is 0.0599 e. The third-order valence-electron chi connectivity index (χ3n) is 3.49. The first-order chi connectivity index (χ1) is 6.42. The second-order valence-corrected chi connectivity index (χ2v) is 4.43. The van der Waals surface area contributed by atoms with Crippen LogP contribution >= 0.6 is 0 Å². The van der Waals surface area contributed by atoms with E-state index in [-0.39, 0.29) is 0 Å². The fraction of sp³-hybridized carbons (Fsp3) is 1.00. The van der Waals surface area contributed by atoms with Crippen LogP contribution in [0.25, 0.3) is 0 Å². The first-order valence-electron chi connectivity index (χ1n) is 5.91. The lowest BCUT2D eigenvalue weighted by Gasteiger charge is -2.45. The Hall–Kier alpha value is -0.0800. The summed E-state index contributed by atoms with van der Waals surface area (Å²) in [7, 11) is 0. The summed E-state index contributed by atoms with van der Waals surface area (Å²) in [6.07, 6.45) is 9.03. The number of fused-ring (bicyclic) bond motifs is 1. The van der Waals surface area contributed by atoms with E-state index >= 15 is 0 Å². The van der Waals surface area contributed by atoms with Crippen molar-refractivity contribution in [3.05, 3.63) is 0 Å². The summed E-state index contributed by atoms with van der Waals surface area (Å²) in [6.45, 7) is 4.86. The molecule has 2 heterocycles. The van der Waals surface area contributed by atoms with E-state index in [0.29, 0.717) is 6.17 Å². The van der Waals surface area contributed by atoms with Gasteiger partial charge in [-0.3, -0.25) is 4.90 Å². The van der Waals surface area contributed by atoms with Crippen LogP contribution in [0.5, 0.6) is 0 Å². The highest BCUT2D eigenvalue weighted by Crippen LogP contribution is 2.25. The number of nitrogens with zero attached hydrogens (tertiary/aromatic N) is 1. The van der Waals surface area contributed by atoms with E-state index in [9.17, 15) is 0 Å². The molecule has 76 valence electrons. The number of hydrogen-bond donors (Lipinski definition) is 1. The first-order valence-corrected chi connectivity index (χ1v) is 5.91. The third-order valence-corrected chi connectivity index (χ3v) is 3.49. The maximum Gasteiger partial charge on any atom is 0.0599 e. The van der Waals surface area contributed by atoms with E-state index in [0.717, 1.165) is 6.04 Å². The Kier molecular flexibility index (Phi) is 3.23. The van der Waals surface area contributed by atoms with E-state index in [4.69, 9.17) is 0 Å². The minimum atomic E-state index is 0.698. The van der Waals surface area contributed by atoms with E-state index in [1.807, 2.05) is 0 Å². The molecule has 2 unspecified atom stereocenters. The molecular weight excluding hydrogens is 160 g/mol. The highest BCUT2D eigenvalue weighted by Gasteiger charge is 2.30. The van der Waals surface area contributed by atoms with E-state index in [1.165, 1.54) is 51.6 Å². The van der Waals surface area contributed by atoms with Gasteiger partial charge in [-0.05, 0) is 38.8 Å². The van der Waals surface area contributed by atoms with Gasteiger partial charge in [0, 0.05) is 6.04 Å². The summed E-state index contributed by atoms with van der Waals surface area (Å²) >= 11 is 0. The van der Waals surface area contributed by atoms with Gasteiger partial charge < -0.3 is 5.32 Å². The fourth-order valence-electron chi connectivity index (χ4n) is 2.82. The minimum absolute atomic E-state index is 0.698. The molecule has 2 nitrogen and oxygen atoms in total. The lowest BCUT2D eigenvalue weighted by atomic mass is 9.95. The highest BCUT2D eigenvalue weighted by atomic mass is 15.3. The van der Waals surface area contributed by atoms with Crippen molar-refractivity contribution in [2.75, 3.05) is 13.1 Å². The third kappa shape index (κ3) is 2.05.